The van der Waals surface area contributed by atoms with Gasteiger partial charge in [0.15, 0.2) is 18.1 Å². The molecule has 14 heteroatoms. The van der Waals surface area contributed by atoms with Gasteiger partial charge in [-0.2, -0.15) is 9.78 Å². The first kappa shape index (κ1) is 33.3. The van der Waals surface area contributed by atoms with Crippen molar-refractivity contribution in [2.75, 3.05) is 17.2 Å². The van der Waals surface area contributed by atoms with Crippen LogP contribution in [0.5, 0.6) is 0 Å². The summed E-state index contributed by atoms with van der Waals surface area (Å²) in [6.07, 6.45) is 6.94. The molecule has 5 heterocycles. The van der Waals surface area contributed by atoms with Crippen LogP contribution in [0.2, 0.25) is 0 Å². The molecule has 6 aromatic rings. The summed E-state index contributed by atoms with van der Waals surface area (Å²) in [6, 6.07) is 16.4. The van der Waals surface area contributed by atoms with E-state index in [0.717, 1.165) is 48.2 Å². The summed E-state index contributed by atoms with van der Waals surface area (Å²) < 4.78 is 10.4. The van der Waals surface area contributed by atoms with E-state index in [1.165, 1.54) is 16.0 Å². The second-order valence-corrected chi connectivity index (χ2v) is 14.3. The molecular formula is C38H36N8O5S. The molecule has 8 rings (SSSR count). The number of aromatic nitrogens is 6. The van der Waals surface area contributed by atoms with Crippen LogP contribution < -0.4 is 16.2 Å². The van der Waals surface area contributed by atoms with Crippen molar-refractivity contribution in [1.82, 2.24) is 29.1 Å². The van der Waals surface area contributed by atoms with Gasteiger partial charge in [0.2, 0.25) is 0 Å². The summed E-state index contributed by atoms with van der Waals surface area (Å²) in [4.78, 5) is 64.9. The summed E-state index contributed by atoms with van der Waals surface area (Å²) in [5, 5.41) is 11.2. The maximum absolute atomic E-state index is 14.0. The van der Waals surface area contributed by atoms with Gasteiger partial charge >= 0.3 is 5.97 Å². The van der Waals surface area contributed by atoms with Crippen LogP contribution >= 0.6 is 11.3 Å². The summed E-state index contributed by atoms with van der Waals surface area (Å²) in [6.45, 7) is 2.99. The van der Waals surface area contributed by atoms with Crippen LogP contribution in [0.4, 0.5) is 10.7 Å². The summed E-state index contributed by atoms with van der Waals surface area (Å²) in [7, 11) is 1.76. The van der Waals surface area contributed by atoms with E-state index < -0.39 is 24.4 Å². The van der Waals surface area contributed by atoms with Gasteiger partial charge in [-0.15, -0.1) is 11.3 Å². The molecule has 0 bridgehead atoms. The lowest BCUT2D eigenvalue weighted by Crippen LogP contribution is -2.25. The lowest BCUT2D eigenvalue weighted by Gasteiger charge is -2.13. The van der Waals surface area contributed by atoms with Gasteiger partial charge in [-0.25, -0.2) is 19.4 Å². The number of aryl methyl sites for hydroxylation is 2. The fraction of sp³-hybridized carbons (Fsp3) is 0.289. The van der Waals surface area contributed by atoms with E-state index in [9.17, 15) is 19.2 Å². The molecule has 0 atom stereocenters. The number of carbonyl (C=O) groups is 3. The minimum atomic E-state index is -0.675. The molecule has 1 aromatic carbocycles. The highest BCUT2D eigenvalue weighted by atomic mass is 32.1. The number of anilines is 2. The number of nitrogens with one attached hydrogen (secondary N) is 2. The number of carbonyl (C=O) groups excluding carboxylic acids is 3. The van der Waals surface area contributed by atoms with Crippen molar-refractivity contribution in [3.05, 3.63) is 110 Å². The average Bonchev–Trinajstić information content (AvgIpc) is 3.83. The molecule has 2 aliphatic rings. The maximum atomic E-state index is 14.0. The number of rotatable bonds is 9. The lowest BCUT2D eigenvalue weighted by molar-refractivity contribution is -0.119. The topological polar surface area (TPSA) is 155 Å². The molecule has 2 N–H and O–H groups in total. The Morgan fingerprint density at radius 3 is 2.52 bits per heavy atom. The Hall–Kier alpha value is -5.89. The highest BCUT2D eigenvalue weighted by Crippen LogP contribution is 2.41. The molecule has 1 saturated carbocycles. The number of hydrogen-bond donors (Lipinski definition) is 2. The fourth-order valence-corrected chi connectivity index (χ4v) is 8.15. The summed E-state index contributed by atoms with van der Waals surface area (Å²) >= 11 is 1.34. The van der Waals surface area contributed by atoms with Gasteiger partial charge in [0.25, 0.3) is 17.4 Å². The van der Waals surface area contributed by atoms with Crippen LogP contribution in [-0.4, -0.2) is 53.5 Å². The van der Waals surface area contributed by atoms with Gasteiger partial charge in [0.1, 0.15) is 10.7 Å². The van der Waals surface area contributed by atoms with Crippen molar-refractivity contribution >= 4 is 50.8 Å². The number of fused-ring (bicyclic) bond motifs is 2. The summed E-state index contributed by atoms with van der Waals surface area (Å²) in [5.41, 5.74) is 4.38. The highest BCUT2D eigenvalue weighted by Gasteiger charge is 2.31. The average molecular weight is 717 g/mol. The normalized spacial score (nSPS) is 13.9. The Labute approximate surface area is 302 Å². The van der Waals surface area contributed by atoms with Crippen LogP contribution in [0.3, 0.4) is 0 Å². The Bertz CT molecular complexity index is 2440. The second-order valence-electron chi connectivity index (χ2n) is 13.2. The molecule has 5 aromatic heterocycles. The van der Waals surface area contributed by atoms with Crippen molar-refractivity contribution in [2.45, 2.75) is 58.3 Å². The van der Waals surface area contributed by atoms with E-state index in [4.69, 9.17) is 9.72 Å². The molecule has 1 fully saturated rings. The molecule has 0 aliphatic heterocycles. The number of ether oxygens (including phenoxy) is 1. The van der Waals surface area contributed by atoms with Gasteiger partial charge < -0.3 is 15.4 Å². The van der Waals surface area contributed by atoms with Crippen LogP contribution in [0.1, 0.15) is 79.8 Å². The highest BCUT2D eigenvalue weighted by molar-refractivity contribution is 7.17. The summed E-state index contributed by atoms with van der Waals surface area (Å²) in [5.74, 6) is -0.933. The van der Waals surface area contributed by atoms with Crippen LogP contribution in [0.15, 0.2) is 65.6 Å². The van der Waals surface area contributed by atoms with Crippen LogP contribution in [0, 0.1) is 13.8 Å². The smallest absolute Gasteiger partial charge is 0.339 e. The van der Waals surface area contributed by atoms with E-state index in [2.05, 4.69) is 20.7 Å². The number of para-hydroxylation sites is 1. The van der Waals surface area contributed by atoms with Gasteiger partial charge in [0, 0.05) is 29.7 Å². The SMILES string of the molecule is Cc1nn(-c2ccccn2)c2nc(C3CC3)cc(C(=O)OCC(=O)Nc3sc4c(c3C(=O)Nc3c(C)n(C)n(-c5ccccc5)c3=O)CCCC4)c12. The first-order valence-electron chi connectivity index (χ1n) is 17.3. The van der Waals surface area contributed by atoms with Crippen molar-refractivity contribution in [2.24, 2.45) is 7.05 Å². The number of hydrogen-bond acceptors (Lipinski definition) is 9. The molecule has 0 spiro atoms. The molecule has 2 amide bonds. The predicted octanol–water partition coefficient (Wildman–Crippen LogP) is 5.79. The quantitative estimate of drug-likeness (QED) is 0.178. The second kappa shape index (κ2) is 13.3. The van der Waals surface area contributed by atoms with Gasteiger partial charge in [0.05, 0.1) is 33.6 Å². The third-order valence-electron chi connectivity index (χ3n) is 9.69. The molecule has 52 heavy (non-hydrogen) atoms. The van der Waals surface area contributed by atoms with Gasteiger partial charge in [-0.1, -0.05) is 24.3 Å². The number of amides is 2. The number of nitrogens with zero attached hydrogens (tertiary/aromatic N) is 6. The van der Waals surface area contributed by atoms with Gasteiger partial charge in [-0.3, -0.25) is 19.1 Å². The molecule has 0 saturated heterocycles. The first-order chi connectivity index (χ1) is 25.2. The van der Waals surface area contributed by atoms with Crippen LogP contribution in [-0.2, 0) is 29.4 Å². The van der Waals surface area contributed by atoms with Crippen molar-refractivity contribution in [3.8, 4) is 11.5 Å². The van der Waals surface area contributed by atoms with E-state index in [1.54, 1.807) is 42.5 Å². The third kappa shape index (κ3) is 5.98. The Kier molecular flexibility index (Phi) is 8.53. The van der Waals surface area contributed by atoms with Crippen LogP contribution in [0.25, 0.3) is 22.5 Å². The van der Waals surface area contributed by atoms with Crippen molar-refractivity contribution in [3.63, 3.8) is 0 Å². The van der Waals surface area contributed by atoms with Crippen molar-refractivity contribution < 1.29 is 19.1 Å². The molecule has 13 nitrogen and oxygen atoms in total. The number of thiophene rings is 1. The standard InChI is InChI=1S/C38H36N8O5S/c1-21-31-26(19-27(23-16-17-23)40-34(31)45(43-21)29-15-9-10-18-39-29)38(50)51-20-30(47)41-36-32(25-13-7-8-14-28(25)52-36)35(48)42-33-22(2)44(3)46(37(33)49)24-11-5-4-6-12-24/h4-6,9-12,15,18-19,23H,7-8,13-14,16-17,20H2,1-3H3,(H,41,47)(H,42,48). The molecule has 2 aliphatic carbocycles. The first-order valence-corrected chi connectivity index (χ1v) is 18.1. The fourth-order valence-electron chi connectivity index (χ4n) is 6.85. The van der Waals surface area contributed by atoms with E-state index in [0.29, 0.717) is 50.9 Å². The molecule has 0 unspecified atom stereocenters. The molecular weight excluding hydrogens is 681 g/mol. The van der Waals surface area contributed by atoms with Gasteiger partial charge in [-0.05, 0) is 88.3 Å². The Balaban J connectivity index is 1.04. The predicted molar refractivity (Wildman–Crippen MR) is 197 cm³/mol. The Morgan fingerprint density at radius 2 is 1.77 bits per heavy atom. The van der Waals surface area contributed by atoms with E-state index in [1.807, 2.05) is 48.5 Å². The van der Waals surface area contributed by atoms with E-state index >= 15 is 0 Å². The lowest BCUT2D eigenvalue weighted by atomic mass is 9.95. The zero-order valence-electron chi connectivity index (χ0n) is 28.9. The maximum Gasteiger partial charge on any atom is 0.339 e. The number of pyridine rings is 2. The number of benzene rings is 1. The molecule has 0 radical (unpaired) electrons. The zero-order valence-corrected chi connectivity index (χ0v) is 29.7. The number of esters is 1. The molecule has 264 valence electrons. The minimum Gasteiger partial charge on any atom is -0.452 e. The monoisotopic (exact) mass is 716 g/mol. The zero-order chi connectivity index (χ0) is 36.1. The van der Waals surface area contributed by atoms with Crippen molar-refractivity contribution in [1.29, 1.82) is 0 Å². The van der Waals surface area contributed by atoms with E-state index in [-0.39, 0.29) is 22.7 Å². The minimum absolute atomic E-state index is 0.161. The Morgan fingerprint density at radius 1 is 1.00 bits per heavy atom. The largest absolute Gasteiger partial charge is 0.452 e. The third-order valence-corrected chi connectivity index (χ3v) is 10.9.